The van der Waals surface area contributed by atoms with E-state index >= 15 is 0 Å². The first kappa shape index (κ1) is 13.0. The Morgan fingerprint density at radius 1 is 1.17 bits per heavy atom. The Morgan fingerprint density at radius 2 is 1.83 bits per heavy atom. The zero-order chi connectivity index (χ0) is 12.8. The minimum Gasteiger partial charge on any atom is -0.303 e. The Bertz CT molecular complexity index is 402. The Labute approximate surface area is 109 Å². The van der Waals surface area contributed by atoms with E-state index in [0.717, 1.165) is 30.8 Å². The molecule has 96 valence electrons. The van der Waals surface area contributed by atoms with Crippen LogP contribution in [-0.4, -0.2) is 30.3 Å². The summed E-state index contributed by atoms with van der Waals surface area (Å²) in [7, 11) is 0. The van der Waals surface area contributed by atoms with E-state index in [9.17, 15) is 4.79 Å². The van der Waals surface area contributed by atoms with E-state index in [-0.39, 0.29) is 5.78 Å². The molecule has 0 atom stereocenters. The van der Waals surface area contributed by atoms with Crippen molar-refractivity contribution in [2.24, 2.45) is 0 Å². The maximum absolute atomic E-state index is 12.0. The molecule has 2 rings (SSSR count). The van der Waals surface area contributed by atoms with E-state index in [1.165, 1.54) is 19.3 Å². The van der Waals surface area contributed by atoms with Gasteiger partial charge in [0, 0.05) is 18.5 Å². The topological polar surface area (TPSA) is 20.3 Å². The van der Waals surface area contributed by atoms with Gasteiger partial charge in [0.25, 0.3) is 0 Å². The number of carbonyl (C=O) groups excluding carboxylic acids is 1. The number of benzene rings is 1. The van der Waals surface area contributed by atoms with Crippen molar-refractivity contribution in [3.05, 3.63) is 42.0 Å². The van der Waals surface area contributed by atoms with Gasteiger partial charge < -0.3 is 4.90 Å². The Morgan fingerprint density at radius 3 is 2.44 bits per heavy atom. The van der Waals surface area contributed by atoms with Crippen LogP contribution in [0, 0.1) is 0 Å². The molecule has 2 heteroatoms. The molecular formula is C16H21NO. The van der Waals surface area contributed by atoms with E-state index in [4.69, 9.17) is 0 Å². The van der Waals surface area contributed by atoms with E-state index in [0.29, 0.717) is 6.42 Å². The molecular weight excluding hydrogens is 222 g/mol. The summed E-state index contributed by atoms with van der Waals surface area (Å²) < 4.78 is 0. The van der Waals surface area contributed by atoms with Crippen LogP contribution in [0.4, 0.5) is 0 Å². The molecule has 0 bridgehead atoms. The molecule has 1 saturated heterocycles. The molecule has 0 spiro atoms. The number of nitrogens with zero attached hydrogens (tertiary/aromatic N) is 1. The number of hydrogen-bond donors (Lipinski definition) is 0. The van der Waals surface area contributed by atoms with Crippen LogP contribution >= 0.6 is 0 Å². The summed E-state index contributed by atoms with van der Waals surface area (Å²) in [5, 5.41) is 0. The normalized spacial score (nSPS) is 16.4. The number of rotatable bonds is 5. The van der Waals surface area contributed by atoms with Gasteiger partial charge in [-0.2, -0.15) is 0 Å². The summed E-state index contributed by atoms with van der Waals surface area (Å²) in [6.07, 6.45) is 6.33. The molecule has 2 nitrogen and oxygen atoms in total. The van der Waals surface area contributed by atoms with E-state index in [1.807, 2.05) is 24.3 Å². The maximum atomic E-state index is 12.0. The highest BCUT2D eigenvalue weighted by atomic mass is 16.1. The lowest BCUT2D eigenvalue weighted by molar-refractivity contribution is 0.0958. The van der Waals surface area contributed by atoms with Crippen LogP contribution in [0.25, 0.3) is 6.08 Å². The first-order valence-electron chi connectivity index (χ1n) is 6.77. The second-order valence-corrected chi connectivity index (χ2v) is 4.90. The number of ketones is 1. The summed E-state index contributed by atoms with van der Waals surface area (Å²) in [6.45, 7) is 6.93. The van der Waals surface area contributed by atoms with Gasteiger partial charge in [0.1, 0.15) is 0 Å². The molecule has 0 saturated carbocycles. The van der Waals surface area contributed by atoms with Gasteiger partial charge in [0.2, 0.25) is 0 Å². The maximum Gasteiger partial charge on any atom is 0.164 e. The van der Waals surface area contributed by atoms with Crippen LogP contribution in [-0.2, 0) is 0 Å². The van der Waals surface area contributed by atoms with Crippen LogP contribution in [0.15, 0.2) is 30.8 Å². The molecule has 0 amide bonds. The summed E-state index contributed by atoms with van der Waals surface area (Å²) in [6, 6.07) is 7.69. The zero-order valence-corrected chi connectivity index (χ0v) is 10.9. The van der Waals surface area contributed by atoms with Gasteiger partial charge in [-0.05, 0) is 31.5 Å². The highest BCUT2D eigenvalue weighted by Crippen LogP contribution is 2.11. The number of likely N-dealkylation sites (tertiary alicyclic amines) is 1. The molecule has 0 unspecified atom stereocenters. The van der Waals surface area contributed by atoms with Gasteiger partial charge in [0.05, 0.1) is 0 Å². The fraction of sp³-hybridized carbons (Fsp3) is 0.438. The molecule has 18 heavy (non-hydrogen) atoms. The molecule has 1 aliphatic rings. The molecule has 0 aromatic heterocycles. The van der Waals surface area contributed by atoms with Crippen LogP contribution in [0.3, 0.4) is 0 Å². The molecule has 0 N–H and O–H groups in total. The quantitative estimate of drug-likeness (QED) is 0.739. The van der Waals surface area contributed by atoms with Crippen molar-refractivity contribution in [2.75, 3.05) is 19.6 Å². The first-order chi connectivity index (χ1) is 8.79. The first-order valence-corrected chi connectivity index (χ1v) is 6.77. The largest absolute Gasteiger partial charge is 0.303 e. The average molecular weight is 243 g/mol. The number of hydrogen-bond acceptors (Lipinski definition) is 2. The summed E-state index contributed by atoms with van der Waals surface area (Å²) in [5.41, 5.74) is 1.88. The van der Waals surface area contributed by atoms with Gasteiger partial charge in [-0.1, -0.05) is 43.3 Å². The standard InChI is InChI=1S/C16H21NO/c1-2-14-6-8-15(9-7-14)16(18)10-13-17-11-4-3-5-12-17/h2,6-9H,1,3-5,10-13H2. The zero-order valence-electron chi connectivity index (χ0n) is 10.9. The lowest BCUT2D eigenvalue weighted by Gasteiger charge is -2.25. The third kappa shape index (κ3) is 3.54. The van der Waals surface area contributed by atoms with Gasteiger partial charge in [-0.3, -0.25) is 4.79 Å². The van der Waals surface area contributed by atoms with Crippen molar-refractivity contribution >= 4 is 11.9 Å². The summed E-state index contributed by atoms with van der Waals surface area (Å²) in [5.74, 6) is 0.246. The fourth-order valence-corrected chi connectivity index (χ4v) is 2.39. The van der Waals surface area contributed by atoms with Gasteiger partial charge in [-0.25, -0.2) is 0 Å². The predicted molar refractivity (Wildman–Crippen MR) is 75.8 cm³/mol. The van der Waals surface area contributed by atoms with Gasteiger partial charge >= 0.3 is 0 Å². The van der Waals surface area contributed by atoms with E-state index in [1.54, 1.807) is 6.08 Å². The van der Waals surface area contributed by atoms with Crippen molar-refractivity contribution in [3.63, 3.8) is 0 Å². The summed E-state index contributed by atoms with van der Waals surface area (Å²) in [4.78, 5) is 14.4. The molecule has 1 aliphatic heterocycles. The predicted octanol–water partition coefficient (Wildman–Crippen LogP) is 3.39. The van der Waals surface area contributed by atoms with Crippen LogP contribution in [0.2, 0.25) is 0 Å². The van der Waals surface area contributed by atoms with Crippen LogP contribution in [0.5, 0.6) is 0 Å². The SMILES string of the molecule is C=Cc1ccc(C(=O)CCN2CCCCC2)cc1. The average Bonchev–Trinajstić information content (AvgIpc) is 2.46. The third-order valence-corrected chi connectivity index (χ3v) is 3.57. The highest BCUT2D eigenvalue weighted by Gasteiger charge is 2.12. The van der Waals surface area contributed by atoms with E-state index in [2.05, 4.69) is 11.5 Å². The van der Waals surface area contributed by atoms with E-state index < -0.39 is 0 Å². The smallest absolute Gasteiger partial charge is 0.164 e. The van der Waals surface area contributed by atoms with Crippen molar-refractivity contribution in [1.29, 1.82) is 0 Å². The number of carbonyl (C=O) groups is 1. The van der Waals surface area contributed by atoms with Gasteiger partial charge in [0.15, 0.2) is 5.78 Å². The number of piperidine rings is 1. The molecule has 1 fully saturated rings. The summed E-state index contributed by atoms with van der Waals surface area (Å²) >= 11 is 0. The lowest BCUT2D eigenvalue weighted by atomic mass is 10.0. The molecule has 0 radical (unpaired) electrons. The second-order valence-electron chi connectivity index (χ2n) is 4.90. The lowest BCUT2D eigenvalue weighted by Crippen LogP contribution is -2.31. The van der Waals surface area contributed by atoms with Crippen molar-refractivity contribution in [2.45, 2.75) is 25.7 Å². The molecule has 1 aromatic rings. The Kier molecular flexibility index (Phi) is 4.71. The monoisotopic (exact) mass is 243 g/mol. The minimum absolute atomic E-state index is 0.246. The van der Waals surface area contributed by atoms with Crippen molar-refractivity contribution in [3.8, 4) is 0 Å². The Balaban J connectivity index is 1.84. The molecule has 1 heterocycles. The van der Waals surface area contributed by atoms with Gasteiger partial charge in [-0.15, -0.1) is 0 Å². The fourth-order valence-electron chi connectivity index (χ4n) is 2.39. The number of Topliss-reactive ketones (excluding diaryl/α,β-unsaturated/α-hetero) is 1. The van der Waals surface area contributed by atoms with Crippen molar-refractivity contribution in [1.82, 2.24) is 4.90 Å². The minimum atomic E-state index is 0.246. The highest BCUT2D eigenvalue weighted by molar-refractivity contribution is 5.96. The molecule has 1 aromatic carbocycles. The Hall–Kier alpha value is -1.41. The van der Waals surface area contributed by atoms with Crippen LogP contribution in [0.1, 0.15) is 41.6 Å². The van der Waals surface area contributed by atoms with Crippen LogP contribution < -0.4 is 0 Å². The second kappa shape index (κ2) is 6.50. The molecule has 0 aliphatic carbocycles. The van der Waals surface area contributed by atoms with Crippen molar-refractivity contribution < 1.29 is 4.79 Å². The third-order valence-electron chi connectivity index (χ3n) is 3.57.